The first kappa shape index (κ1) is 18.6. The van der Waals surface area contributed by atoms with E-state index in [0.29, 0.717) is 29.7 Å². The van der Waals surface area contributed by atoms with Crippen LogP contribution in [0.2, 0.25) is 0 Å². The fraction of sp³-hybridized carbons (Fsp3) is 0.400. The first-order valence-corrected chi connectivity index (χ1v) is 9.12. The number of fused-ring (bicyclic) bond motifs is 1. The van der Waals surface area contributed by atoms with Gasteiger partial charge in [0, 0.05) is 24.7 Å². The molecule has 1 aliphatic heterocycles. The van der Waals surface area contributed by atoms with Crippen molar-refractivity contribution in [2.45, 2.75) is 39.3 Å². The molecule has 2 heterocycles. The van der Waals surface area contributed by atoms with Crippen molar-refractivity contribution in [2.75, 3.05) is 6.54 Å². The summed E-state index contributed by atoms with van der Waals surface area (Å²) in [5.74, 6) is -0.00741. The average molecular weight is 365 g/mol. The number of nitriles is 1. The van der Waals surface area contributed by atoms with Gasteiger partial charge in [-0.05, 0) is 56.9 Å². The number of nitrogens with one attached hydrogen (secondary N) is 2. The van der Waals surface area contributed by atoms with Crippen LogP contribution in [0, 0.1) is 17.2 Å². The van der Waals surface area contributed by atoms with E-state index in [4.69, 9.17) is 5.26 Å². The molecular formula is C20H23N5O2. The Bertz CT molecular complexity index is 877. The van der Waals surface area contributed by atoms with E-state index in [1.807, 2.05) is 24.6 Å². The molecule has 0 radical (unpaired) electrons. The van der Waals surface area contributed by atoms with Crippen molar-refractivity contribution in [1.82, 2.24) is 20.4 Å². The summed E-state index contributed by atoms with van der Waals surface area (Å²) in [5.41, 5.74) is 2.61. The van der Waals surface area contributed by atoms with Crippen LogP contribution >= 0.6 is 0 Å². The second-order valence-electron chi connectivity index (χ2n) is 7.11. The number of aromatic nitrogens is 2. The molecule has 0 spiro atoms. The summed E-state index contributed by atoms with van der Waals surface area (Å²) in [4.78, 5) is 24.6. The van der Waals surface area contributed by atoms with Crippen LogP contribution in [0.3, 0.4) is 0 Å². The Labute approximate surface area is 158 Å². The SMILES string of the molecule is CC(C)NC(=O)c1cnn2c1C[C@H](CNC(=O)c1ccc(C#N)cc1)CC2. The van der Waals surface area contributed by atoms with E-state index in [1.54, 1.807) is 30.5 Å². The second-order valence-corrected chi connectivity index (χ2v) is 7.11. The largest absolute Gasteiger partial charge is 0.352 e. The van der Waals surface area contributed by atoms with E-state index >= 15 is 0 Å². The Morgan fingerprint density at radius 1 is 1.30 bits per heavy atom. The highest BCUT2D eigenvalue weighted by molar-refractivity contribution is 5.95. The molecule has 0 aliphatic carbocycles. The van der Waals surface area contributed by atoms with Crippen molar-refractivity contribution < 1.29 is 9.59 Å². The van der Waals surface area contributed by atoms with Gasteiger partial charge < -0.3 is 10.6 Å². The molecule has 2 amide bonds. The number of carbonyl (C=O) groups excluding carboxylic acids is 2. The first-order chi connectivity index (χ1) is 13.0. The Morgan fingerprint density at radius 3 is 2.70 bits per heavy atom. The fourth-order valence-corrected chi connectivity index (χ4v) is 3.24. The van der Waals surface area contributed by atoms with Crippen LogP contribution in [0.4, 0.5) is 0 Å². The zero-order chi connectivity index (χ0) is 19.4. The number of hydrogen-bond acceptors (Lipinski definition) is 4. The predicted octanol–water partition coefficient (Wildman–Crippen LogP) is 1.89. The molecule has 2 aromatic rings. The van der Waals surface area contributed by atoms with Crippen molar-refractivity contribution in [3.8, 4) is 6.07 Å². The summed E-state index contributed by atoms with van der Waals surface area (Å²) in [7, 11) is 0. The molecule has 0 saturated carbocycles. The lowest BCUT2D eigenvalue weighted by Crippen LogP contribution is -2.35. The van der Waals surface area contributed by atoms with Crippen LogP contribution in [0.5, 0.6) is 0 Å². The maximum Gasteiger partial charge on any atom is 0.254 e. The molecular weight excluding hydrogens is 342 g/mol. The molecule has 0 unspecified atom stereocenters. The number of carbonyl (C=O) groups is 2. The molecule has 7 heteroatoms. The van der Waals surface area contributed by atoms with Gasteiger partial charge in [0.1, 0.15) is 0 Å². The van der Waals surface area contributed by atoms with Gasteiger partial charge in [0.25, 0.3) is 11.8 Å². The van der Waals surface area contributed by atoms with Crippen LogP contribution < -0.4 is 10.6 Å². The number of hydrogen-bond donors (Lipinski definition) is 2. The van der Waals surface area contributed by atoms with Crippen LogP contribution in [-0.4, -0.2) is 34.2 Å². The molecule has 0 bridgehead atoms. The Morgan fingerprint density at radius 2 is 2.04 bits per heavy atom. The van der Waals surface area contributed by atoms with Crippen LogP contribution in [-0.2, 0) is 13.0 Å². The minimum absolute atomic E-state index is 0.0687. The molecule has 27 heavy (non-hydrogen) atoms. The van der Waals surface area contributed by atoms with E-state index in [2.05, 4.69) is 15.7 Å². The lowest BCUT2D eigenvalue weighted by molar-refractivity contribution is 0.0930. The maximum absolute atomic E-state index is 12.3. The van der Waals surface area contributed by atoms with E-state index < -0.39 is 0 Å². The molecule has 140 valence electrons. The smallest absolute Gasteiger partial charge is 0.254 e. The number of amides is 2. The number of rotatable bonds is 5. The zero-order valence-corrected chi connectivity index (χ0v) is 15.5. The summed E-state index contributed by atoms with van der Waals surface area (Å²) in [6.07, 6.45) is 3.23. The van der Waals surface area contributed by atoms with Crippen molar-refractivity contribution in [3.05, 3.63) is 52.8 Å². The monoisotopic (exact) mass is 365 g/mol. The lowest BCUT2D eigenvalue weighted by Gasteiger charge is -2.24. The van der Waals surface area contributed by atoms with Crippen molar-refractivity contribution >= 4 is 11.8 Å². The van der Waals surface area contributed by atoms with Gasteiger partial charge >= 0.3 is 0 Å². The first-order valence-electron chi connectivity index (χ1n) is 9.12. The molecule has 1 atom stereocenters. The highest BCUT2D eigenvalue weighted by atomic mass is 16.2. The normalized spacial score (nSPS) is 15.7. The standard InChI is InChI=1S/C20H23N5O2/c1-13(2)24-20(27)17-12-23-25-8-7-15(9-18(17)25)11-22-19(26)16-5-3-14(10-21)4-6-16/h3-6,12-13,15H,7-9,11H2,1-2H3,(H,22,26)(H,24,27)/t15-/m1/s1. The zero-order valence-electron chi connectivity index (χ0n) is 15.5. The molecule has 0 fully saturated rings. The third-order valence-electron chi connectivity index (χ3n) is 4.67. The molecule has 3 rings (SSSR count). The summed E-state index contributed by atoms with van der Waals surface area (Å²) in [5, 5.41) is 19.0. The van der Waals surface area contributed by atoms with Crippen LogP contribution in [0.15, 0.2) is 30.5 Å². The summed E-state index contributed by atoms with van der Waals surface area (Å²) >= 11 is 0. The molecule has 2 N–H and O–H groups in total. The van der Waals surface area contributed by atoms with Gasteiger partial charge in [-0.2, -0.15) is 10.4 Å². The van der Waals surface area contributed by atoms with Gasteiger partial charge in [0.05, 0.1) is 29.1 Å². The van der Waals surface area contributed by atoms with Gasteiger partial charge in [-0.3, -0.25) is 14.3 Å². The lowest BCUT2D eigenvalue weighted by atomic mass is 9.94. The summed E-state index contributed by atoms with van der Waals surface area (Å²) in [6.45, 7) is 5.13. The number of nitrogens with zero attached hydrogens (tertiary/aromatic N) is 3. The fourth-order valence-electron chi connectivity index (χ4n) is 3.24. The minimum Gasteiger partial charge on any atom is -0.352 e. The third-order valence-corrected chi connectivity index (χ3v) is 4.67. The maximum atomic E-state index is 12.3. The van der Waals surface area contributed by atoms with E-state index in [9.17, 15) is 9.59 Å². The van der Waals surface area contributed by atoms with Gasteiger partial charge in [-0.15, -0.1) is 0 Å². The Hall–Kier alpha value is -3.14. The quantitative estimate of drug-likeness (QED) is 0.845. The number of aryl methyl sites for hydroxylation is 1. The second kappa shape index (κ2) is 8.04. The highest BCUT2D eigenvalue weighted by Gasteiger charge is 2.25. The molecule has 7 nitrogen and oxygen atoms in total. The molecule has 1 aromatic heterocycles. The van der Waals surface area contributed by atoms with Gasteiger partial charge in [-0.25, -0.2) is 0 Å². The topological polar surface area (TPSA) is 99.8 Å². The van der Waals surface area contributed by atoms with Gasteiger partial charge in [0.2, 0.25) is 0 Å². The average Bonchev–Trinajstić information content (AvgIpc) is 3.09. The Kier molecular flexibility index (Phi) is 5.55. The van der Waals surface area contributed by atoms with Gasteiger partial charge in [-0.1, -0.05) is 0 Å². The molecule has 1 aromatic carbocycles. The Balaban J connectivity index is 1.61. The van der Waals surface area contributed by atoms with E-state index in [1.165, 1.54) is 0 Å². The predicted molar refractivity (Wildman–Crippen MR) is 100 cm³/mol. The summed E-state index contributed by atoms with van der Waals surface area (Å²) < 4.78 is 1.88. The van der Waals surface area contributed by atoms with E-state index in [-0.39, 0.29) is 23.8 Å². The number of benzene rings is 1. The van der Waals surface area contributed by atoms with Crippen molar-refractivity contribution in [2.24, 2.45) is 5.92 Å². The van der Waals surface area contributed by atoms with Crippen molar-refractivity contribution in [3.63, 3.8) is 0 Å². The minimum atomic E-state index is -0.156. The van der Waals surface area contributed by atoms with Crippen molar-refractivity contribution in [1.29, 1.82) is 5.26 Å². The molecule has 0 saturated heterocycles. The third kappa shape index (κ3) is 4.34. The summed E-state index contributed by atoms with van der Waals surface area (Å²) in [6, 6.07) is 8.67. The van der Waals surface area contributed by atoms with Crippen LogP contribution in [0.1, 0.15) is 52.2 Å². The van der Waals surface area contributed by atoms with E-state index in [0.717, 1.165) is 18.7 Å². The van der Waals surface area contributed by atoms with Gasteiger partial charge in [0.15, 0.2) is 0 Å². The molecule has 1 aliphatic rings. The highest BCUT2D eigenvalue weighted by Crippen LogP contribution is 2.23. The van der Waals surface area contributed by atoms with Crippen LogP contribution in [0.25, 0.3) is 0 Å².